The number of para-hydroxylation sites is 2. The largest absolute Gasteiger partial charge is 0.416 e. The third-order valence-corrected chi connectivity index (χ3v) is 5.81. The second kappa shape index (κ2) is 7.09. The number of hydrogen-bond acceptors (Lipinski definition) is 4. The Hall–Kier alpha value is -2.61. The minimum Gasteiger partial charge on any atom is -0.306 e. The van der Waals surface area contributed by atoms with E-state index in [9.17, 15) is 18.0 Å². The molecule has 1 amide bonds. The van der Waals surface area contributed by atoms with Crippen molar-refractivity contribution in [3.05, 3.63) is 59.9 Å². The van der Waals surface area contributed by atoms with Gasteiger partial charge in [-0.05, 0) is 36.8 Å². The van der Waals surface area contributed by atoms with Crippen LogP contribution in [0, 0.1) is 0 Å². The first-order chi connectivity index (χ1) is 13.3. The molecule has 2 heterocycles. The maximum atomic E-state index is 13.2. The molecule has 0 spiro atoms. The third-order valence-electron chi connectivity index (χ3n) is 4.58. The fraction of sp³-hybridized carbons (Fsp3) is 0.250. The first kappa shape index (κ1) is 18.7. The molecule has 4 rings (SSSR count). The molecule has 1 aliphatic heterocycles. The summed E-state index contributed by atoms with van der Waals surface area (Å²) in [7, 11) is 0. The lowest BCUT2D eigenvalue weighted by Gasteiger charge is -2.23. The standard InChI is InChI=1S/C20H16F3N3OS/c1-12-8-9-26(17-10-13(20(21,22)23)6-7-18(17)28-12)19(27)16-11-24-14-4-2-3-5-15(14)25-16/h2-7,10-12H,8-9H2,1H3/t12-/m1/s1. The highest BCUT2D eigenvalue weighted by Crippen LogP contribution is 2.41. The molecule has 0 N–H and O–H groups in total. The van der Waals surface area contributed by atoms with Gasteiger partial charge in [-0.25, -0.2) is 4.98 Å². The molecule has 8 heteroatoms. The highest BCUT2D eigenvalue weighted by atomic mass is 32.2. The third kappa shape index (κ3) is 3.56. The summed E-state index contributed by atoms with van der Waals surface area (Å²) in [4.78, 5) is 23.8. The summed E-state index contributed by atoms with van der Waals surface area (Å²) in [5.74, 6) is -0.450. The molecular weight excluding hydrogens is 387 g/mol. The van der Waals surface area contributed by atoms with E-state index in [-0.39, 0.29) is 16.6 Å². The molecule has 144 valence electrons. The van der Waals surface area contributed by atoms with Gasteiger partial charge in [0.25, 0.3) is 5.91 Å². The van der Waals surface area contributed by atoms with E-state index in [1.807, 2.05) is 13.0 Å². The molecular formula is C20H16F3N3OS. The lowest BCUT2D eigenvalue weighted by molar-refractivity contribution is -0.137. The smallest absolute Gasteiger partial charge is 0.306 e. The highest BCUT2D eigenvalue weighted by molar-refractivity contribution is 8.00. The van der Waals surface area contributed by atoms with Crippen molar-refractivity contribution in [3.63, 3.8) is 0 Å². The minimum atomic E-state index is -4.48. The number of rotatable bonds is 1. The van der Waals surface area contributed by atoms with Crippen LogP contribution < -0.4 is 4.90 Å². The zero-order valence-electron chi connectivity index (χ0n) is 14.9. The summed E-state index contributed by atoms with van der Waals surface area (Å²) < 4.78 is 39.7. The van der Waals surface area contributed by atoms with E-state index in [0.717, 1.165) is 12.1 Å². The maximum absolute atomic E-state index is 13.2. The molecule has 0 saturated carbocycles. The number of alkyl halides is 3. The second-order valence-electron chi connectivity index (χ2n) is 6.60. The highest BCUT2D eigenvalue weighted by Gasteiger charge is 2.34. The molecule has 3 aromatic rings. The van der Waals surface area contributed by atoms with Crippen LogP contribution in [0.1, 0.15) is 29.4 Å². The number of hydrogen-bond donors (Lipinski definition) is 0. The van der Waals surface area contributed by atoms with Crippen LogP contribution in [0.5, 0.6) is 0 Å². The predicted octanol–water partition coefficient (Wildman–Crippen LogP) is 5.18. The van der Waals surface area contributed by atoms with E-state index in [2.05, 4.69) is 9.97 Å². The lowest BCUT2D eigenvalue weighted by atomic mass is 10.1. The summed E-state index contributed by atoms with van der Waals surface area (Å²) in [5.41, 5.74) is 0.823. The fourth-order valence-corrected chi connectivity index (χ4v) is 4.21. The Morgan fingerprint density at radius 1 is 1.18 bits per heavy atom. The van der Waals surface area contributed by atoms with E-state index in [1.54, 1.807) is 18.2 Å². The number of amides is 1. The number of aromatic nitrogens is 2. The van der Waals surface area contributed by atoms with E-state index in [4.69, 9.17) is 0 Å². The van der Waals surface area contributed by atoms with Crippen LogP contribution in [0.3, 0.4) is 0 Å². The van der Waals surface area contributed by atoms with Crippen LogP contribution in [0.4, 0.5) is 18.9 Å². The topological polar surface area (TPSA) is 46.1 Å². The number of carbonyl (C=O) groups excluding carboxylic acids is 1. The van der Waals surface area contributed by atoms with Gasteiger partial charge < -0.3 is 4.90 Å². The molecule has 0 aliphatic carbocycles. The molecule has 0 fully saturated rings. The van der Waals surface area contributed by atoms with Gasteiger partial charge in [0.15, 0.2) is 0 Å². The second-order valence-corrected chi connectivity index (χ2v) is 8.08. The van der Waals surface area contributed by atoms with Crippen molar-refractivity contribution in [2.75, 3.05) is 11.4 Å². The van der Waals surface area contributed by atoms with Crippen molar-refractivity contribution < 1.29 is 18.0 Å². The number of benzene rings is 2. The maximum Gasteiger partial charge on any atom is 0.416 e. The number of carbonyl (C=O) groups is 1. The predicted molar refractivity (Wildman–Crippen MR) is 103 cm³/mol. The molecule has 1 atom stereocenters. The van der Waals surface area contributed by atoms with Gasteiger partial charge in [0.05, 0.1) is 28.5 Å². The molecule has 0 unspecified atom stereocenters. The Bertz CT molecular complexity index is 1050. The van der Waals surface area contributed by atoms with E-state index >= 15 is 0 Å². The van der Waals surface area contributed by atoms with Crippen molar-refractivity contribution >= 4 is 34.4 Å². The molecule has 4 nitrogen and oxygen atoms in total. The van der Waals surface area contributed by atoms with Crippen LogP contribution in [-0.4, -0.2) is 27.7 Å². The number of nitrogens with zero attached hydrogens (tertiary/aromatic N) is 3. The SMILES string of the molecule is C[C@@H]1CCN(C(=O)c2cnc3ccccc3n2)c2cc(C(F)(F)F)ccc2S1. The Kier molecular flexibility index (Phi) is 4.74. The summed E-state index contributed by atoms with van der Waals surface area (Å²) >= 11 is 1.47. The van der Waals surface area contributed by atoms with Crippen LogP contribution in [0.2, 0.25) is 0 Å². The van der Waals surface area contributed by atoms with Crippen molar-refractivity contribution in [2.45, 2.75) is 29.7 Å². The first-order valence-electron chi connectivity index (χ1n) is 8.74. The van der Waals surface area contributed by atoms with Gasteiger partial charge in [0.2, 0.25) is 0 Å². The van der Waals surface area contributed by atoms with Gasteiger partial charge in [0.1, 0.15) is 5.69 Å². The van der Waals surface area contributed by atoms with Gasteiger partial charge in [0, 0.05) is 16.7 Å². The average molecular weight is 403 g/mol. The zero-order valence-corrected chi connectivity index (χ0v) is 15.7. The van der Waals surface area contributed by atoms with E-state index < -0.39 is 17.6 Å². The average Bonchev–Trinajstić information content (AvgIpc) is 2.84. The van der Waals surface area contributed by atoms with Crippen molar-refractivity contribution in [1.29, 1.82) is 0 Å². The Balaban J connectivity index is 1.78. The van der Waals surface area contributed by atoms with Gasteiger partial charge in [-0.3, -0.25) is 9.78 Å². The van der Waals surface area contributed by atoms with Crippen LogP contribution >= 0.6 is 11.8 Å². The number of thioether (sulfide) groups is 1. The molecule has 2 aromatic carbocycles. The normalized spacial score (nSPS) is 17.3. The zero-order chi connectivity index (χ0) is 19.9. The number of fused-ring (bicyclic) bond motifs is 2. The monoisotopic (exact) mass is 403 g/mol. The quantitative estimate of drug-likeness (QED) is 0.562. The molecule has 0 bridgehead atoms. The van der Waals surface area contributed by atoms with Crippen molar-refractivity contribution in [1.82, 2.24) is 9.97 Å². The summed E-state index contributed by atoms with van der Waals surface area (Å²) in [6, 6.07) is 10.7. The molecule has 28 heavy (non-hydrogen) atoms. The fourth-order valence-electron chi connectivity index (χ4n) is 3.12. The lowest BCUT2D eigenvalue weighted by Crippen LogP contribution is -2.33. The Labute approximate surface area is 163 Å². The van der Waals surface area contributed by atoms with Gasteiger partial charge in [-0.15, -0.1) is 11.8 Å². The Morgan fingerprint density at radius 3 is 2.68 bits per heavy atom. The van der Waals surface area contributed by atoms with Crippen molar-refractivity contribution in [2.24, 2.45) is 0 Å². The molecule has 0 saturated heterocycles. The first-order valence-corrected chi connectivity index (χ1v) is 9.62. The summed E-state index contributed by atoms with van der Waals surface area (Å²) in [5, 5.41) is 0.177. The summed E-state index contributed by atoms with van der Waals surface area (Å²) in [6.45, 7) is 2.31. The van der Waals surface area contributed by atoms with Gasteiger partial charge in [-0.1, -0.05) is 19.1 Å². The van der Waals surface area contributed by atoms with E-state index in [1.165, 1.54) is 28.9 Å². The summed E-state index contributed by atoms with van der Waals surface area (Å²) in [6.07, 6.45) is -2.44. The van der Waals surface area contributed by atoms with E-state index in [0.29, 0.717) is 28.9 Å². The van der Waals surface area contributed by atoms with Gasteiger partial charge in [-0.2, -0.15) is 13.2 Å². The minimum absolute atomic E-state index is 0.113. The number of halogens is 3. The van der Waals surface area contributed by atoms with Crippen LogP contribution in [0.15, 0.2) is 53.6 Å². The molecule has 0 radical (unpaired) electrons. The van der Waals surface area contributed by atoms with Crippen LogP contribution in [-0.2, 0) is 6.18 Å². The number of anilines is 1. The van der Waals surface area contributed by atoms with Crippen molar-refractivity contribution in [3.8, 4) is 0 Å². The molecule has 1 aliphatic rings. The van der Waals surface area contributed by atoms with Crippen LogP contribution in [0.25, 0.3) is 11.0 Å². The van der Waals surface area contributed by atoms with Gasteiger partial charge >= 0.3 is 6.18 Å². The molecule has 1 aromatic heterocycles. The Morgan fingerprint density at radius 2 is 1.93 bits per heavy atom.